The van der Waals surface area contributed by atoms with E-state index in [0.29, 0.717) is 0 Å². The molecular formula is C17H24N2O5. The summed E-state index contributed by atoms with van der Waals surface area (Å²) < 4.78 is 5.17. The van der Waals surface area contributed by atoms with Crippen molar-refractivity contribution in [2.24, 2.45) is 5.41 Å². The summed E-state index contributed by atoms with van der Waals surface area (Å²) in [5.74, 6) is 0. The molecule has 7 heteroatoms. The molecule has 3 atom stereocenters. The number of nitrogens with one attached hydrogen (secondary N) is 1. The van der Waals surface area contributed by atoms with Gasteiger partial charge in [0.15, 0.2) is 0 Å². The predicted octanol–water partition coefficient (Wildman–Crippen LogP) is 2.05. The van der Waals surface area contributed by atoms with Crippen molar-refractivity contribution in [3.8, 4) is 0 Å². The molecule has 0 spiro atoms. The number of likely N-dealkylation sites (tertiary alicyclic amines) is 1. The minimum atomic E-state index is -1.11. The minimum Gasteiger partial charge on any atom is -0.465 e. The molecule has 1 aliphatic rings. The van der Waals surface area contributed by atoms with E-state index in [1.807, 2.05) is 51.1 Å². The second-order valence-electron chi connectivity index (χ2n) is 7.04. The van der Waals surface area contributed by atoms with Crippen molar-refractivity contribution in [2.75, 3.05) is 6.54 Å². The zero-order valence-corrected chi connectivity index (χ0v) is 14.1. The summed E-state index contributed by atoms with van der Waals surface area (Å²) in [4.78, 5) is 24.6. The van der Waals surface area contributed by atoms with Gasteiger partial charge in [-0.3, -0.25) is 0 Å². The molecule has 1 saturated heterocycles. The van der Waals surface area contributed by atoms with Gasteiger partial charge in [0.05, 0.1) is 24.7 Å². The van der Waals surface area contributed by atoms with Crippen LogP contribution in [0.1, 0.15) is 26.3 Å². The number of ether oxygens (including phenoxy) is 1. The molecule has 1 unspecified atom stereocenters. The highest BCUT2D eigenvalue weighted by Gasteiger charge is 2.49. The normalized spacial score (nSPS) is 23.8. The van der Waals surface area contributed by atoms with Gasteiger partial charge in [0.1, 0.15) is 6.61 Å². The molecule has 1 aromatic rings. The molecule has 132 valence electrons. The van der Waals surface area contributed by atoms with E-state index in [9.17, 15) is 19.8 Å². The molecule has 0 bridgehead atoms. The Kier molecular flexibility index (Phi) is 5.33. The first-order valence-electron chi connectivity index (χ1n) is 7.85. The SMILES string of the molecule is CC(C)(C)C1[C@@H](NC(=O)OCc2ccccc2)[C@@H](O)CN1C(=O)O. The molecular weight excluding hydrogens is 312 g/mol. The lowest BCUT2D eigenvalue weighted by molar-refractivity contribution is 0.0878. The van der Waals surface area contributed by atoms with Gasteiger partial charge >= 0.3 is 12.2 Å². The number of nitrogens with zero attached hydrogens (tertiary/aromatic N) is 1. The molecule has 1 aromatic carbocycles. The molecule has 1 heterocycles. The number of carboxylic acid groups (broad SMARTS) is 1. The summed E-state index contributed by atoms with van der Waals surface area (Å²) >= 11 is 0. The number of benzene rings is 1. The van der Waals surface area contributed by atoms with E-state index in [1.165, 1.54) is 4.90 Å². The smallest absolute Gasteiger partial charge is 0.407 e. The Bertz CT molecular complexity index is 584. The third kappa shape index (κ3) is 4.17. The Morgan fingerprint density at radius 3 is 2.46 bits per heavy atom. The van der Waals surface area contributed by atoms with E-state index in [-0.39, 0.29) is 13.2 Å². The molecule has 0 aromatic heterocycles. The number of alkyl carbamates (subject to hydrolysis) is 1. The van der Waals surface area contributed by atoms with Crippen molar-refractivity contribution in [1.82, 2.24) is 10.2 Å². The van der Waals surface area contributed by atoms with Gasteiger partial charge in [-0.1, -0.05) is 51.1 Å². The van der Waals surface area contributed by atoms with E-state index in [4.69, 9.17) is 4.74 Å². The molecule has 1 fully saturated rings. The molecule has 2 rings (SSSR count). The Morgan fingerprint density at radius 2 is 1.92 bits per heavy atom. The van der Waals surface area contributed by atoms with E-state index in [2.05, 4.69) is 5.32 Å². The topological polar surface area (TPSA) is 99.1 Å². The molecule has 24 heavy (non-hydrogen) atoms. The fourth-order valence-corrected chi connectivity index (χ4v) is 3.11. The summed E-state index contributed by atoms with van der Waals surface area (Å²) in [6.45, 7) is 5.68. The summed E-state index contributed by atoms with van der Waals surface area (Å²) in [5, 5.41) is 22.2. The molecule has 2 amide bonds. The average molecular weight is 336 g/mol. The lowest BCUT2D eigenvalue weighted by Crippen LogP contribution is -2.54. The quantitative estimate of drug-likeness (QED) is 0.784. The number of carbonyl (C=O) groups is 2. The number of β-amino-alcohol motifs (C(OH)–C–C–N with tert-alkyl or cyclic N) is 1. The molecule has 7 nitrogen and oxygen atoms in total. The van der Waals surface area contributed by atoms with Gasteiger partial charge in [0.2, 0.25) is 0 Å². The number of hydrogen-bond acceptors (Lipinski definition) is 4. The van der Waals surface area contributed by atoms with E-state index >= 15 is 0 Å². The fourth-order valence-electron chi connectivity index (χ4n) is 3.11. The van der Waals surface area contributed by atoms with Crippen LogP contribution in [0.15, 0.2) is 30.3 Å². The van der Waals surface area contributed by atoms with E-state index < -0.39 is 35.8 Å². The van der Waals surface area contributed by atoms with Crippen LogP contribution >= 0.6 is 0 Å². The van der Waals surface area contributed by atoms with Gasteiger partial charge in [-0.15, -0.1) is 0 Å². The summed E-state index contributed by atoms with van der Waals surface area (Å²) in [6.07, 6.45) is -2.77. The molecule has 1 aliphatic heterocycles. The van der Waals surface area contributed by atoms with Crippen molar-refractivity contribution in [1.29, 1.82) is 0 Å². The standard InChI is InChI=1S/C17H24N2O5/c1-17(2,3)14-13(12(20)9-19(14)16(22)23)18-15(21)24-10-11-7-5-4-6-8-11/h4-8,12-14,20H,9-10H2,1-3H3,(H,18,21)(H,22,23)/t12-,13-,14?/m0/s1. The molecule has 3 N–H and O–H groups in total. The zero-order valence-electron chi connectivity index (χ0n) is 14.1. The Hall–Kier alpha value is -2.28. The number of rotatable bonds is 3. The number of hydrogen-bond donors (Lipinski definition) is 3. The molecule has 0 saturated carbocycles. The minimum absolute atomic E-state index is 0.0408. The maximum atomic E-state index is 12.1. The second kappa shape index (κ2) is 7.09. The van der Waals surface area contributed by atoms with Gasteiger partial charge in [-0.05, 0) is 11.0 Å². The molecule has 0 radical (unpaired) electrons. The molecule has 0 aliphatic carbocycles. The first-order chi connectivity index (χ1) is 11.2. The van der Waals surface area contributed by atoms with Crippen LogP contribution in [0.5, 0.6) is 0 Å². The third-order valence-electron chi connectivity index (χ3n) is 4.10. The van der Waals surface area contributed by atoms with Crippen LogP contribution in [0.4, 0.5) is 9.59 Å². The van der Waals surface area contributed by atoms with Crippen LogP contribution in [0.2, 0.25) is 0 Å². The van der Waals surface area contributed by atoms with Crippen LogP contribution in [-0.4, -0.2) is 52.0 Å². The number of aliphatic hydroxyl groups is 1. The van der Waals surface area contributed by atoms with Gasteiger partial charge in [0.25, 0.3) is 0 Å². The fraction of sp³-hybridized carbons (Fsp3) is 0.529. The lowest BCUT2D eigenvalue weighted by Gasteiger charge is -2.36. The van der Waals surface area contributed by atoms with Crippen LogP contribution in [0, 0.1) is 5.41 Å². The Labute approximate surface area is 141 Å². The summed E-state index contributed by atoms with van der Waals surface area (Å²) in [5.41, 5.74) is 0.395. The van der Waals surface area contributed by atoms with Crippen LogP contribution < -0.4 is 5.32 Å². The van der Waals surface area contributed by atoms with Crippen molar-refractivity contribution in [3.05, 3.63) is 35.9 Å². The maximum Gasteiger partial charge on any atom is 0.407 e. The highest BCUT2D eigenvalue weighted by molar-refractivity contribution is 5.70. The summed E-state index contributed by atoms with van der Waals surface area (Å²) in [7, 11) is 0. The maximum absolute atomic E-state index is 12.1. The Morgan fingerprint density at radius 1 is 1.29 bits per heavy atom. The van der Waals surface area contributed by atoms with Crippen LogP contribution in [0.25, 0.3) is 0 Å². The largest absolute Gasteiger partial charge is 0.465 e. The van der Waals surface area contributed by atoms with Crippen molar-refractivity contribution in [2.45, 2.75) is 45.6 Å². The number of carbonyl (C=O) groups excluding carboxylic acids is 1. The highest BCUT2D eigenvalue weighted by atomic mass is 16.5. The lowest BCUT2D eigenvalue weighted by atomic mass is 9.82. The predicted molar refractivity (Wildman–Crippen MR) is 87.5 cm³/mol. The number of amides is 2. The average Bonchev–Trinajstić information content (AvgIpc) is 2.83. The Balaban J connectivity index is 2.03. The summed E-state index contributed by atoms with van der Waals surface area (Å²) in [6, 6.07) is 7.96. The first kappa shape index (κ1) is 18.1. The number of aliphatic hydroxyl groups excluding tert-OH is 1. The van der Waals surface area contributed by atoms with Gasteiger partial charge in [-0.2, -0.15) is 0 Å². The first-order valence-corrected chi connectivity index (χ1v) is 7.85. The van der Waals surface area contributed by atoms with Gasteiger partial charge < -0.3 is 25.2 Å². The van der Waals surface area contributed by atoms with Gasteiger partial charge in [-0.25, -0.2) is 9.59 Å². The second-order valence-corrected chi connectivity index (χ2v) is 7.04. The van der Waals surface area contributed by atoms with Crippen molar-refractivity contribution < 1.29 is 24.5 Å². The third-order valence-corrected chi connectivity index (χ3v) is 4.10. The van der Waals surface area contributed by atoms with Crippen LogP contribution in [-0.2, 0) is 11.3 Å². The monoisotopic (exact) mass is 336 g/mol. The van der Waals surface area contributed by atoms with E-state index in [1.54, 1.807) is 0 Å². The highest BCUT2D eigenvalue weighted by Crippen LogP contribution is 2.33. The van der Waals surface area contributed by atoms with Crippen molar-refractivity contribution >= 4 is 12.2 Å². The van der Waals surface area contributed by atoms with Gasteiger partial charge in [0, 0.05) is 0 Å². The zero-order chi connectivity index (χ0) is 17.9. The van der Waals surface area contributed by atoms with Crippen molar-refractivity contribution in [3.63, 3.8) is 0 Å². The van der Waals surface area contributed by atoms with Crippen LogP contribution in [0.3, 0.4) is 0 Å². The van der Waals surface area contributed by atoms with E-state index in [0.717, 1.165) is 5.56 Å².